The first-order valence-corrected chi connectivity index (χ1v) is 8.97. The number of hydrogen-bond donors (Lipinski definition) is 0. The van der Waals surface area contributed by atoms with Gasteiger partial charge in [-0.3, -0.25) is 0 Å². The lowest BCUT2D eigenvalue weighted by Crippen LogP contribution is -2.44. The van der Waals surface area contributed by atoms with Crippen LogP contribution >= 0.6 is 11.6 Å². The molecule has 146 valence electrons. The van der Waals surface area contributed by atoms with Crippen molar-refractivity contribution in [3.05, 3.63) is 35.0 Å². The predicted molar refractivity (Wildman–Crippen MR) is 106 cm³/mol. The molecule has 2 aromatic rings. The van der Waals surface area contributed by atoms with Crippen LogP contribution in [0.5, 0.6) is 0 Å². The summed E-state index contributed by atoms with van der Waals surface area (Å²) in [7, 11) is 0. The highest BCUT2D eigenvalue weighted by atomic mass is 35.5. The van der Waals surface area contributed by atoms with Crippen LogP contribution in [0, 0.1) is 6.92 Å². The van der Waals surface area contributed by atoms with E-state index in [1.54, 1.807) is 59.7 Å². The highest BCUT2D eigenvalue weighted by Gasteiger charge is 2.34. The number of carbonyl (C=O) groups excluding carboxylic acids is 2. The van der Waals surface area contributed by atoms with Gasteiger partial charge in [0.2, 0.25) is 0 Å². The zero-order valence-electron chi connectivity index (χ0n) is 16.7. The molecule has 0 bridgehead atoms. The molecule has 0 saturated heterocycles. The van der Waals surface area contributed by atoms with Crippen LogP contribution in [0.25, 0.3) is 10.8 Å². The molecule has 1 heterocycles. The van der Waals surface area contributed by atoms with E-state index in [2.05, 4.69) is 4.98 Å². The van der Waals surface area contributed by atoms with E-state index in [1.807, 2.05) is 6.92 Å². The number of benzene rings is 1. The maximum atomic E-state index is 12.8. The number of imide groups is 1. The van der Waals surface area contributed by atoms with E-state index in [4.69, 9.17) is 21.1 Å². The summed E-state index contributed by atoms with van der Waals surface area (Å²) in [6.45, 7) is 12.2. The van der Waals surface area contributed by atoms with Gasteiger partial charge in [-0.1, -0.05) is 11.6 Å². The molecule has 7 heteroatoms. The highest BCUT2D eigenvalue weighted by Crippen LogP contribution is 2.31. The molecule has 0 aliphatic carbocycles. The molecule has 1 aromatic carbocycles. The Bertz CT molecular complexity index is 854. The summed E-state index contributed by atoms with van der Waals surface area (Å²) in [4.78, 5) is 30.7. The molecule has 6 nitrogen and oxygen atoms in total. The minimum atomic E-state index is -0.857. The average Bonchev–Trinajstić information content (AvgIpc) is 2.45. The zero-order chi connectivity index (χ0) is 20.6. The molecule has 0 radical (unpaired) electrons. The largest absolute Gasteiger partial charge is 0.443 e. The van der Waals surface area contributed by atoms with Crippen LogP contribution < -0.4 is 4.90 Å². The normalized spacial score (nSPS) is 12.0. The molecule has 0 saturated carbocycles. The number of anilines is 1. The van der Waals surface area contributed by atoms with Crippen LogP contribution in [0.2, 0.25) is 5.02 Å². The van der Waals surface area contributed by atoms with Gasteiger partial charge in [-0.05, 0) is 77.6 Å². The molecule has 0 aliphatic heterocycles. The molecule has 0 unspecified atom stereocenters. The lowest BCUT2D eigenvalue weighted by Gasteiger charge is -2.28. The number of aryl methyl sites for hydroxylation is 1. The topological polar surface area (TPSA) is 68.7 Å². The fourth-order valence-corrected chi connectivity index (χ4v) is 2.50. The summed E-state index contributed by atoms with van der Waals surface area (Å²) < 4.78 is 10.8. The SMILES string of the molecule is Cc1cc2c(N(C(=O)OC(C)(C)C)C(=O)OC(C)(C)C)nccc2cc1Cl. The Balaban J connectivity index is 2.63. The smallest absolute Gasteiger partial charge is 0.425 e. The van der Waals surface area contributed by atoms with Crippen molar-refractivity contribution in [3.8, 4) is 0 Å². The van der Waals surface area contributed by atoms with Gasteiger partial charge in [0.15, 0.2) is 5.82 Å². The molecule has 0 aliphatic rings. The van der Waals surface area contributed by atoms with Crippen molar-refractivity contribution in [2.24, 2.45) is 0 Å². The molecule has 1 aromatic heterocycles. The number of fused-ring (bicyclic) bond motifs is 1. The second kappa shape index (κ2) is 7.35. The third-order valence-electron chi connectivity index (χ3n) is 3.39. The van der Waals surface area contributed by atoms with Gasteiger partial charge in [0, 0.05) is 16.6 Å². The third-order valence-corrected chi connectivity index (χ3v) is 3.79. The molecule has 0 fully saturated rings. The van der Waals surface area contributed by atoms with Crippen molar-refractivity contribution in [1.82, 2.24) is 4.98 Å². The fourth-order valence-electron chi connectivity index (χ4n) is 2.33. The van der Waals surface area contributed by atoms with Gasteiger partial charge in [-0.15, -0.1) is 0 Å². The highest BCUT2D eigenvalue weighted by molar-refractivity contribution is 6.32. The van der Waals surface area contributed by atoms with Crippen molar-refractivity contribution in [2.45, 2.75) is 59.7 Å². The number of rotatable bonds is 1. The van der Waals surface area contributed by atoms with Crippen molar-refractivity contribution >= 4 is 40.4 Å². The standard InChI is InChI=1S/C20H25ClN2O4/c1-12-10-14-13(11-15(12)21)8-9-22-16(14)23(17(24)26-19(2,3)4)18(25)27-20(5,6)7/h8-11H,1-7H3. The van der Waals surface area contributed by atoms with E-state index in [-0.39, 0.29) is 5.82 Å². The first kappa shape index (κ1) is 21.0. The van der Waals surface area contributed by atoms with Gasteiger partial charge in [0.05, 0.1) is 0 Å². The lowest BCUT2D eigenvalue weighted by atomic mass is 10.1. The number of halogens is 1. The Morgan fingerprint density at radius 2 is 1.52 bits per heavy atom. The fraction of sp³-hybridized carbons (Fsp3) is 0.450. The zero-order valence-corrected chi connectivity index (χ0v) is 17.5. The minimum Gasteiger partial charge on any atom is -0.443 e. The molecule has 27 heavy (non-hydrogen) atoms. The summed E-state index contributed by atoms with van der Waals surface area (Å²) in [5.74, 6) is 0.135. The van der Waals surface area contributed by atoms with Crippen molar-refractivity contribution in [3.63, 3.8) is 0 Å². The van der Waals surface area contributed by atoms with Crippen LogP contribution in [0.4, 0.5) is 15.4 Å². The van der Waals surface area contributed by atoms with Gasteiger partial charge in [-0.25, -0.2) is 14.6 Å². The van der Waals surface area contributed by atoms with E-state index >= 15 is 0 Å². The van der Waals surface area contributed by atoms with E-state index < -0.39 is 23.4 Å². The summed E-state index contributed by atoms with van der Waals surface area (Å²) in [5, 5.41) is 1.92. The Hall–Kier alpha value is -2.34. The molecule has 2 amide bonds. The van der Waals surface area contributed by atoms with Crippen LogP contribution in [-0.4, -0.2) is 28.4 Å². The first-order valence-electron chi connectivity index (χ1n) is 8.59. The first-order chi connectivity index (χ1) is 12.3. The summed E-state index contributed by atoms with van der Waals surface area (Å²) in [6.07, 6.45) is -0.209. The van der Waals surface area contributed by atoms with Crippen molar-refractivity contribution in [2.75, 3.05) is 4.90 Å². The Kier molecular flexibility index (Phi) is 5.71. The summed E-state index contributed by atoms with van der Waals surface area (Å²) >= 11 is 6.20. The maximum absolute atomic E-state index is 12.8. The number of nitrogens with zero attached hydrogens (tertiary/aromatic N) is 2. The second-order valence-electron chi connectivity index (χ2n) is 8.25. The lowest BCUT2D eigenvalue weighted by molar-refractivity contribution is 0.0429. The van der Waals surface area contributed by atoms with Gasteiger partial charge >= 0.3 is 12.2 Å². The van der Waals surface area contributed by atoms with Gasteiger partial charge in [-0.2, -0.15) is 4.90 Å². The molecule has 0 N–H and O–H groups in total. The number of aromatic nitrogens is 1. The molecule has 0 atom stereocenters. The molecular formula is C20H25ClN2O4. The van der Waals surface area contributed by atoms with E-state index in [0.717, 1.165) is 15.8 Å². The van der Waals surface area contributed by atoms with Gasteiger partial charge in [0.1, 0.15) is 11.2 Å². The van der Waals surface area contributed by atoms with Crippen molar-refractivity contribution in [1.29, 1.82) is 0 Å². The Morgan fingerprint density at radius 1 is 1.00 bits per heavy atom. The van der Waals surface area contributed by atoms with Crippen LogP contribution in [0.1, 0.15) is 47.1 Å². The van der Waals surface area contributed by atoms with Gasteiger partial charge in [0.25, 0.3) is 0 Å². The minimum absolute atomic E-state index is 0.135. The third kappa shape index (κ3) is 5.32. The van der Waals surface area contributed by atoms with Crippen LogP contribution in [-0.2, 0) is 9.47 Å². The second-order valence-corrected chi connectivity index (χ2v) is 8.66. The summed E-state index contributed by atoms with van der Waals surface area (Å²) in [6, 6.07) is 5.30. The number of pyridine rings is 1. The van der Waals surface area contributed by atoms with E-state index in [1.165, 1.54) is 6.20 Å². The van der Waals surface area contributed by atoms with Crippen LogP contribution in [0.3, 0.4) is 0 Å². The number of carbonyl (C=O) groups is 2. The molecule has 2 rings (SSSR count). The van der Waals surface area contributed by atoms with Crippen LogP contribution in [0.15, 0.2) is 24.4 Å². The molecule has 0 spiro atoms. The average molecular weight is 393 g/mol. The Labute approximate surface area is 164 Å². The summed E-state index contributed by atoms with van der Waals surface area (Å²) in [5.41, 5.74) is -0.783. The van der Waals surface area contributed by atoms with Crippen molar-refractivity contribution < 1.29 is 19.1 Å². The number of amides is 2. The van der Waals surface area contributed by atoms with E-state index in [0.29, 0.717) is 10.4 Å². The Morgan fingerprint density at radius 3 is 2.00 bits per heavy atom. The monoisotopic (exact) mass is 392 g/mol. The van der Waals surface area contributed by atoms with E-state index in [9.17, 15) is 9.59 Å². The number of ether oxygens (including phenoxy) is 2. The van der Waals surface area contributed by atoms with Gasteiger partial charge < -0.3 is 9.47 Å². The predicted octanol–water partition coefficient (Wildman–Crippen LogP) is 5.87. The molecular weight excluding hydrogens is 368 g/mol. The quantitative estimate of drug-likeness (QED) is 0.606. The maximum Gasteiger partial charge on any atom is 0.425 e. The number of hydrogen-bond acceptors (Lipinski definition) is 5.